The molecule has 0 saturated heterocycles. The lowest BCUT2D eigenvalue weighted by Crippen LogP contribution is -2.27. The summed E-state index contributed by atoms with van der Waals surface area (Å²) in [6.07, 6.45) is 4.88. The average Bonchev–Trinajstić information content (AvgIpc) is 3.25. The number of furan rings is 1. The highest BCUT2D eigenvalue weighted by molar-refractivity contribution is 5.88. The van der Waals surface area contributed by atoms with Crippen LogP contribution in [-0.2, 0) is 17.6 Å². The molecule has 0 aliphatic heterocycles. The highest BCUT2D eigenvalue weighted by Crippen LogP contribution is 2.29. The van der Waals surface area contributed by atoms with Crippen molar-refractivity contribution < 1.29 is 9.21 Å². The zero-order valence-electron chi connectivity index (χ0n) is 16.6. The molecule has 0 radical (unpaired) electrons. The molecule has 0 spiro atoms. The van der Waals surface area contributed by atoms with Gasteiger partial charge in [0.1, 0.15) is 5.58 Å². The van der Waals surface area contributed by atoms with Crippen LogP contribution >= 0.6 is 0 Å². The maximum atomic E-state index is 12.5. The van der Waals surface area contributed by atoms with Crippen molar-refractivity contribution in [1.29, 1.82) is 0 Å². The number of amides is 1. The molecule has 0 saturated carbocycles. The number of aryl methyl sites for hydroxylation is 1. The molecule has 2 heterocycles. The summed E-state index contributed by atoms with van der Waals surface area (Å²) in [4.78, 5) is 15.7. The SMILES string of the molecule is Cc1cc2occ(CC(=O)NCCc3c[nH]c4ccccc34)c2cc1C(C)C. The minimum Gasteiger partial charge on any atom is -0.464 e. The average molecular weight is 374 g/mol. The predicted octanol–water partition coefficient (Wildman–Crippen LogP) is 5.25. The van der Waals surface area contributed by atoms with Crippen molar-refractivity contribution in [2.75, 3.05) is 6.54 Å². The largest absolute Gasteiger partial charge is 0.464 e. The topological polar surface area (TPSA) is 58.0 Å². The van der Waals surface area contributed by atoms with Gasteiger partial charge in [-0.2, -0.15) is 0 Å². The van der Waals surface area contributed by atoms with Crippen LogP contribution in [0.15, 0.2) is 53.3 Å². The third-order valence-corrected chi connectivity index (χ3v) is 5.41. The molecular weight excluding hydrogens is 348 g/mol. The molecule has 0 bridgehead atoms. The summed E-state index contributed by atoms with van der Waals surface area (Å²) < 4.78 is 5.69. The smallest absolute Gasteiger partial charge is 0.224 e. The second kappa shape index (κ2) is 7.55. The fraction of sp³-hybridized carbons (Fsp3) is 0.292. The van der Waals surface area contributed by atoms with Gasteiger partial charge in [-0.05, 0) is 54.2 Å². The molecule has 2 aromatic heterocycles. The number of aromatic nitrogens is 1. The van der Waals surface area contributed by atoms with E-state index < -0.39 is 0 Å². The van der Waals surface area contributed by atoms with Crippen LogP contribution in [0.4, 0.5) is 0 Å². The van der Waals surface area contributed by atoms with Gasteiger partial charge in [-0.3, -0.25) is 4.79 Å². The molecule has 2 aromatic carbocycles. The van der Waals surface area contributed by atoms with E-state index in [-0.39, 0.29) is 5.91 Å². The van der Waals surface area contributed by atoms with E-state index in [4.69, 9.17) is 4.42 Å². The van der Waals surface area contributed by atoms with Gasteiger partial charge in [0, 0.05) is 34.6 Å². The van der Waals surface area contributed by atoms with Gasteiger partial charge in [-0.15, -0.1) is 0 Å². The summed E-state index contributed by atoms with van der Waals surface area (Å²) >= 11 is 0. The zero-order chi connectivity index (χ0) is 19.7. The van der Waals surface area contributed by atoms with Gasteiger partial charge in [0.05, 0.1) is 12.7 Å². The van der Waals surface area contributed by atoms with Crippen molar-refractivity contribution in [2.24, 2.45) is 0 Å². The van der Waals surface area contributed by atoms with Gasteiger partial charge in [0.2, 0.25) is 5.91 Å². The van der Waals surface area contributed by atoms with Crippen molar-refractivity contribution in [3.05, 3.63) is 71.1 Å². The second-order valence-electron chi connectivity index (χ2n) is 7.76. The Hall–Kier alpha value is -3.01. The molecule has 4 aromatic rings. The predicted molar refractivity (Wildman–Crippen MR) is 114 cm³/mol. The molecule has 0 unspecified atom stereocenters. The van der Waals surface area contributed by atoms with Gasteiger partial charge in [0.15, 0.2) is 0 Å². The summed E-state index contributed by atoms with van der Waals surface area (Å²) in [5.41, 5.74) is 6.68. The number of rotatable bonds is 6. The molecule has 4 nitrogen and oxygen atoms in total. The molecule has 0 aliphatic carbocycles. The van der Waals surface area contributed by atoms with Crippen LogP contribution in [0.25, 0.3) is 21.9 Å². The Labute approximate surface area is 164 Å². The van der Waals surface area contributed by atoms with E-state index in [0.717, 1.165) is 28.5 Å². The molecule has 2 N–H and O–H groups in total. The molecule has 28 heavy (non-hydrogen) atoms. The van der Waals surface area contributed by atoms with Gasteiger partial charge < -0.3 is 14.7 Å². The lowest BCUT2D eigenvalue weighted by Gasteiger charge is -2.10. The lowest BCUT2D eigenvalue weighted by molar-refractivity contribution is -0.120. The van der Waals surface area contributed by atoms with E-state index in [1.165, 1.54) is 22.1 Å². The summed E-state index contributed by atoms with van der Waals surface area (Å²) in [6, 6.07) is 12.5. The Morgan fingerprint density at radius 1 is 1.14 bits per heavy atom. The van der Waals surface area contributed by atoms with Crippen molar-refractivity contribution in [1.82, 2.24) is 10.3 Å². The number of hydrogen-bond donors (Lipinski definition) is 2. The zero-order valence-corrected chi connectivity index (χ0v) is 16.6. The minimum absolute atomic E-state index is 0.0224. The van der Waals surface area contributed by atoms with E-state index in [0.29, 0.717) is 18.9 Å². The Bertz CT molecular complexity index is 1130. The van der Waals surface area contributed by atoms with Crippen LogP contribution in [0.1, 0.15) is 42.0 Å². The van der Waals surface area contributed by atoms with Crippen molar-refractivity contribution in [2.45, 2.75) is 39.5 Å². The fourth-order valence-electron chi connectivity index (χ4n) is 3.91. The minimum atomic E-state index is 0.0224. The molecule has 144 valence electrons. The summed E-state index contributed by atoms with van der Waals surface area (Å²) in [7, 11) is 0. The van der Waals surface area contributed by atoms with Crippen LogP contribution in [0.3, 0.4) is 0 Å². The summed E-state index contributed by atoms with van der Waals surface area (Å²) in [6.45, 7) is 7.10. The Morgan fingerprint density at radius 2 is 1.96 bits per heavy atom. The third-order valence-electron chi connectivity index (χ3n) is 5.41. The van der Waals surface area contributed by atoms with Crippen molar-refractivity contribution in [3.8, 4) is 0 Å². The van der Waals surface area contributed by atoms with E-state index in [2.05, 4.69) is 55.3 Å². The monoisotopic (exact) mass is 374 g/mol. The van der Waals surface area contributed by atoms with E-state index in [9.17, 15) is 4.79 Å². The number of fused-ring (bicyclic) bond motifs is 2. The highest BCUT2D eigenvalue weighted by atomic mass is 16.3. The first-order valence-corrected chi connectivity index (χ1v) is 9.85. The molecular formula is C24H26N2O2. The normalized spacial score (nSPS) is 11.6. The number of aromatic amines is 1. The van der Waals surface area contributed by atoms with Gasteiger partial charge >= 0.3 is 0 Å². The summed E-state index contributed by atoms with van der Waals surface area (Å²) in [5, 5.41) is 5.30. The number of para-hydroxylation sites is 1. The first kappa shape index (κ1) is 18.4. The van der Waals surface area contributed by atoms with Crippen LogP contribution in [-0.4, -0.2) is 17.4 Å². The molecule has 4 heteroatoms. The van der Waals surface area contributed by atoms with E-state index in [1.807, 2.05) is 18.3 Å². The number of benzene rings is 2. The van der Waals surface area contributed by atoms with Crippen molar-refractivity contribution >= 4 is 27.8 Å². The first-order chi connectivity index (χ1) is 13.5. The number of carbonyl (C=O) groups excluding carboxylic acids is 1. The standard InChI is InChI=1S/C24H26N2O2/c1-15(2)20-12-21-18(14-28-23(21)10-16(20)3)11-24(27)25-9-8-17-13-26-22-7-5-4-6-19(17)22/h4-7,10,12-15,26H,8-9,11H2,1-3H3,(H,25,27). The third kappa shape index (κ3) is 3.55. The molecule has 0 fully saturated rings. The van der Waals surface area contributed by atoms with Gasteiger partial charge in [-0.1, -0.05) is 32.0 Å². The molecule has 0 atom stereocenters. The maximum absolute atomic E-state index is 12.5. The molecule has 4 rings (SSSR count). The molecule has 1 amide bonds. The van der Waals surface area contributed by atoms with Crippen LogP contribution in [0.2, 0.25) is 0 Å². The van der Waals surface area contributed by atoms with E-state index >= 15 is 0 Å². The molecule has 0 aliphatic rings. The number of H-pyrrole nitrogens is 1. The Balaban J connectivity index is 1.42. The second-order valence-corrected chi connectivity index (χ2v) is 7.76. The van der Waals surface area contributed by atoms with Crippen LogP contribution in [0, 0.1) is 6.92 Å². The number of nitrogens with one attached hydrogen (secondary N) is 2. The Morgan fingerprint density at radius 3 is 2.79 bits per heavy atom. The van der Waals surface area contributed by atoms with Crippen LogP contribution < -0.4 is 5.32 Å². The number of carbonyl (C=O) groups is 1. The van der Waals surface area contributed by atoms with E-state index in [1.54, 1.807) is 6.26 Å². The summed E-state index contributed by atoms with van der Waals surface area (Å²) in [5.74, 6) is 0.464. The van der Waals surface area contributed by atoms with Gasteiger partial charge in [0.25, 0.3) is 0 Å². The lowest BCUT2D eigenvalue weighted by atomic mass is 9.95. The maximum Gasteiger partial charge on any atom is 0.224 e. The first-order valence-electron chi connectivity index (χ1n) is 9.85. The van der Waals surface area contributed by atoms with Crippen molar-refractivity contribution in [3.63, 3.8) is 0 Å². The fourth-order valence-corrected chi connectivity index (χ4v) is 3.91. The Kier molecular flexibility index (Phi) is 4.95. The highest BCUT2D eigenvalue weighted by Gasteiger charge is 2.14. The van der Waals surface area contributed by atoms with Gasteiger partial charge in [-0.25, -0.2) is 0 Å². The quantitative estimate of drug-likeness (QED) is 0.484. The van der Waals surface area contributed by atoms with Crippen LogP contribution in [0.5, 0.6) is 0 Å². The number of hydrogen-bond acceptors (Lipinski definition) is 2.